The lowest BCUT2D eigenvalue weighted by molar-refractivity contribution is -0.105. The van der Waals surface area contributed by atoms with Crippen molar-refractivity contribution in [2.45, 2.75) is 18.2 Å². The summed E-state index contributed by atoms with van der Waals surface area (Å²) in [4.78, 5) is 12.9. The Morgan fingerprint density at radius 2 is 1.79 bits per heavy atom. The van der Waals surface area contributed by atoms with Crippen molar-refractivity contribution in [1.82, 2.24) is 4.90 Å². The van der Waals surface area contributed by atoms with Crippen molar-refractivity contribution < 1.29 is 13.2 Å². The van der Waals surface area contributed by atoms with Crippen LogP contribution in [0, 0.1) is 6.92 Å². The smallest absolute Gasteiger partial charge is 0.204 e. The number of benzene rings is 1. The van der Waals surface area contributed by atoms with E-state index in [9.17, 15) is 13.2 Å². The first-order chi connectivity index (χ1) is 8.93. The van der Waals surface area contributed by atoms with Gasteiger partial charge in [0.05, 0.1) is 9.80 Å². The number of allylic oxidation sites excluding steroid dienone is 2. The molecule has 1 aliphatic heterocycles. The zero-order valence-corrected chi connectivity index (χ0v) is 11.6. The van der Waals surface area contributed by atoms with Crippen LogP contribution in [0.1, 0.15) is 12.0 Å². The van der Waals surface area contributed by atoms with Gasteiger partial charge in [0.15, 0.2) is 0 Å². The fourth-order valence-electron chi connectivity index (χ4n) is 1.92. The molecule has 0 aliphatic carbocycles. The molecule has 0 aromatic heterocycles. The van der Waals surface area contributed by atoms with E-state index in [1.807, 2.05) is 6.92 Å². The van der Waals surface area contributed by atoms with Crippen molar-refractivity contribution in [2.75, 3.05) is 7.05 Å². The molecule has 0 radical (unpaired) electrons. The fourth-order valence-corrected chi connectivity index (χ4v) is 3.38. The third kappa shape index (κ3) is 2.76. The van der Waals surface area contributed by atoms with E-state index in [0.29, 0.717) is 11.9 Å². The van der Waals surface area contributed by atoms with E-state index in [4.69, 9.17) is 0 Å². The summed E-state index contributed by atoms with van der Waals surface area (Å²) in [6.45, 7) is 1.90. The fraction of sp³-hybridized carbons (Fsp3) is 0.214. The van der Waals surface area contributed by atoms with Crippen LogP contribution in [-0.2, 0) is 14.6 Å². The third-order valence-corrected chi connectivity index (χ3v) is 4.76. The Labute approximate surface area is 113 Å². The van der Waals surface area contributed by atoms with Crippen LogP contribution >= 0.6 is 0 Å². The van der Waals surface area contributed by atoms with E-state index in [1.165, 1.54) is 0 Å². The van der Waals surface area contributed by atoms with Crippen LogP contribution in [0.3, 0.4) is 0 Å². The first kappa shape index (κ1) is 13.5. The average Bonchev–Trinajstić information content (AvgIpc) is 2.38. The van der Waals surface area contributed by atoms with Crippen molar-refractivity contribution in [3.05, 3.63) is 52.7 Å². The van der Waals surface area contributed by atoms with E-state index in [0.717, 1.165) is 5.56 Å². The lowest BCUT2D eigenvalue weighted by atomic mass is 10.2. The van der Waals surface area contributed by atoms with Gasteiger partial charge in [0.2, 0.25) is 9.84 Å². The molecule has 0 amide bonds. The number of nitrogens with zero attached hydrogens (tertiary/aromatic N) is 1. The summed E-state index contributed by atoms with van der Waals surface area (Å²) >= 11 is 0. The molecule has 5 heteroatoms. The molecular weight excluding hydrogens is 262 g/mol. The number of carbonyl (C=O) groups is 1. The molecule has 1 aliphatic rings. The molecule has 1 heterocycles. The lowest BCUT2D eigenvalue weighted by Crippen LogP contribution is -2.16. The predicted octanol–water partition coefficient (Wildman–Crippen LogP) is 2.03. The standard InChI is InChI=1S/C14H15NO3S/c1-11-3-5-13(6-4-11)19(17,18)14-7-12(10-16)8-15(2)9-14/h3-6,8-10H,7H2,1-2H3. The zero-order valence-electron chi connectivity index (χ0n) is 10.8. The second kappa shape index (κ2) is 5.01. The number of aryl methyl sites for hydroxylation is 1. The summed E-state index contributed by atoms with van der Waals surface area (Å²) in [5.74, 6) is 0. The second-order valence-electron chi connectivity index (χ2n) is 4.58. The molecule has 4 nitrogen and oxygen atoms in total. The SMILES string of the molecule is Cc1ccc(S(=O)(=O)C2=CN(C)C=C(C=O)C2)cc1. The van der Waals surface area contributed by atoms with Crippen LogP contribution < -0.4 is 0 Å². The molecule has 100 valence electrons. The highest BCUT2D eigenvalue weighted by molar-refractivity contribution is 7.95. The molecule has 1 aromatic carbocycles. The van der Waals surface area contributed by atoms with Gasteiger partial charge >= 0.3 is 0 Å². The molecule has 0 saturated carbocycles. The van der Waals surface area contributed by atoms with Crippen molar-refractivity contribution in [3.63, 3.8) is 0 Å². The number of rotatable bonds is 3. The van der Waals surface area contributed by atoms with Crippen molar-refractivity contribution in [1.29, 1.82) is 0 Å². The second-order valence-corrected chi connectivity index (χ2v) is 6.58. The molecular formula is C14H15NO3S. The molecule has 0 spiro atoms. The van der Waals surface area contributed by atoms with Crippen LogP contribution in [0.15, 0.2) is 52.0 Å². The van der Waals surface area contributed by atoms with E-state index in [-0.39, 0.29) is 16.2 Å². The maximum Gasteiger partial charge on any atom is 0.204 e. The van der Waals surface area contributed by atoms with Gasteiger partial charge in [-0.05, 0) is 19.1 Å². The highest BCUT2D eigenvalue weighted by Crippen LogP contribution is 2.27. The first-order valence-electron chi connectivity index (χ1n) is 5.84. The summed E-state index contributed by atoms with van der Waals surface area (Å²) in [6, 6.07) is 6.70. The minimum absolute atomic E-state index is 0.143. The average molecular weight is 277 g/mol. The van der Waals surface area contributed by atoms with Gasteiger partial charge in [-0.3, -0.25) is 4.79 Å². The highest BCUT2D eigenvalue weighted by Gasteiger charge is 2.24. The Hall–Kier alpha value is -1.88. The van der Waals surface area contributed by atoms with Crippen LogP contribution in [0.25, 0.3) is 0 Å². The minimum Gasteiger partial charge on any atom is -0.356 e. The Bertz CT molecular complexity index is 654. The summed E-state index contributed by atoms with van der Waals surface area (Å²) in [5, 5.41) is 0. The zero-order chi connectivity index (χ0) is 14.0. The Morgan fingerprint density at radius 1 is 1.16 bits per heavy atom. The molecule has 0 saturated heterocycles. The van der Waals surface area contributed by atoms with Crippen LogP contribution in [0.5, 0.6) is 0 Å². The molecule has 0 fully saturated rings. The first-order valence-corrected chi connectivity index (χ1v) is 7.32. The highest BCUT2D eigenvalue weighted by atomic mass is 32.2. The number of carbonyl (C=O) groups excluding carboxylic acids is 1. The summed E-state index contributed by atoms with van der Waals surface area (Å²) in [5.41, 5.74) is 1.46. The largest absolute Gasteiger partial charge is 0.356 e. The molecule has 2 rings (SSSR count). The number of aldehydes is 1. The van der Waals surface area contributed by atoms with Gasteiger partial charge in [0, 0.05) is 31.4 Å². The van der Waals surface area contributed by atoms with E-state index >= 15 is 0 Å². The van der Waals surface area contributed by atoms with Gasteiger partial charge in [0.1, 0.15) is 6.29 Å². The maximum atomic E-state index is 12.5. The van der Waals surface area contributed by atoms with Crippen molar-refractivity contribution in [3.8, 4) is 0 Å². The Kier molecular flexibility index (Phi) is 3.57. The number of sulfone groups is 1. The van der Waals surface area contributed by atoms with E-state index < -0.39 is 9.84 Å². The monoisotopic (exact) mass is 277 g/mol. The lowest BCUT2D eigenvalue weighted by Gasteiger charge is -2.19. The predicted molar refractivity (Wildman–Crippen MR) is 73.0 cm³/mol. The van der Waals surface area contributed by atoms with E-state index in [1.54, 1.807) is 48.6 Å². The van der Waals surface area contributed by atoms with Gasteiger partial charge in [-0.2, -0.15) is 0 Å². The molecule has 19 heavy (non-hydrogen) atoms. The summed E-state index contributed by atoms with van der Waals surface area (Å²) < 4.78 is 24.9. The maximum absolute atomic E-state index is 12.5. The Morgan fingerprint density at radius 3 is 2.37 bits per heavy atom. The van der Waals surface area contributed by atoms with Crippen LogP contribution in [0.4, 0.5) is 0 Å². The van der Waals surface area contributed by atoms with E-state index in [2.05, 4.69) is 0 Å². The van der Waals surface area contributed by atoms with Gasteiger partial charge in [-0.25, -0.2) is 8.42 Å². The van der Waals surface area contributed by atoms with Crippen molar-refractivity contribution in [2.24, 2.45) is 0 Å². The summed E-state index contributed by atoms with van der Waals surface area (Å²) in [6.07, 6.45) is 4.00. The van der Waals surface area contributed by atoms with Crippen molar-refractivity contribution >= 4 is 16.1 Å². The number of hydrogen-bond donors (Lipinski definition) is 0. The van der Waals surface area contributed by atoms with Crippen LogP contribution in [-0.4, -0.2) is 26.7 Å². The Balaban J connectivity index is 2.41. The van der Waals surface area contributed by atoms with Gasteiger partial charge in [0.25, 0.3) is 0 Å². The number of hydrogen-bond acceptors (Lipinski definition) is 4. The molecule has 0 bridgehead atoms. The minimum atomic E-state index is -3.54. The quantitative estimate of drug-likeness (QED) is 0.793. The molecule has 1 aromatic rings. The van der Waals surface area contributed by atoms with Gasteiger partial charge in [-0.15, -0.1) is 0 Å². The molecule has 0 unspecified atom stereocenters. The summed E-state index contributed by atoms with van der Waals surface area (Å²) in [7, 11) is -1.83. The molecule has 0 N–H and O–H groups in total. The van der Waals surface area contributed by atoms with Gasteiger partial charge < -0.3 is 4.90 Å². The third-order valence-electron chi connectivity index (χ3n) is 2.92. The van der Waals surface area contributed by atoms with Crippen LogP contribution in [0.2, 0.25) is 0 Å². The normalized spacial score (nSPS) is 15.8. The molecule has 0 atom stereocenters. The van der Waals surface area contributed by atoms with Gasteiger partial charge in [-0.1, -0.05) is 17.7 Å². The topological polar surface area (TPSA) is 54.5 Å².